The zero-order valence-electron chi connectivity index (χ0n) is 19.8. The molecule has 0 saturated carbocycles. The zero-order valence-corrected chi connectivity index (χ0v) is 21.5. The molecular formula is C24H26FN3O6S2. The van der Waals surface area contributed by atoms with Gasteiger partial charge in [0.25, 0.3) is 5.91 Å². The smallest absolute Gasteiger partial charge is 0.325 e. The van der Waals surface area contributed by atoms with Crippen molar-refractivity contribution in [1.29, 1.82) is 0 Å². The van der Waals surface area contributed by atoms with Crippen molar-refractivity contribution in [3.63, 3.8) is 0 Å². The first kappa shape index (κ1) is 26.0. The van der Waals surface area contributed by atoms with E-state index >= 15 is 0 Å². The van der Waals surface area contributed by atoms with Gasteiger partial charge in [0.05, 0.1) is 28.8 Å². The Balaban J connectivity index is 1.56. The SMILES string of the molecule is CCOc1ccc2c(c1)sc(=NC(=O)C1CCN(S(=O)(=O)c3ccc(F)cc3)CC1)n2CC(=O)OC. The lowest BCUT2D eigenvalue weighted by atomic mass is 9.98. The number of benzene rings is 2. The lowest BCUT2D eigenvalue weighted by molar-refractivity contribution is -0.141. The monoisotopic (exact) mass is 535 g/mol. The van der Waals surface area contributed by atoms with Gasteiger partial charge in [-0.15, -0.1) is 0 Å². The summed E-state index contributed by atoms with van der Waals surface area (Å²) >= 11 is 1.26. The Morgan fingerprint density at radius 2 is 1.83 bits per heavy atom. The zero-order chi connectivity index (χ0) is 25.9. The standard InChI is InChI=1S/C24H26FN3O6S2/c1-3-34-18-6-9-20-21(14-18)35-24(28(20)15-22(29)33-2)26-23(30)16-10-12-27(13-11-16)36(31,32)19-7-4-17(25)5-8-19/h4-9,14,16H,3,10-13,15H2,1-2H3. The van der Waals surface area contributed by atoms with Gasteiger partial charge in [-0.05, 0) is 62.2 Å². The summed E-state index contributed by atoms with van der Waals surface area (Å²) < 4.78 is 53.0. The fraction of sp³-hybridized carbons (Fsp3) is 0.375. The molecule has 4 rings (SSSR count). The summed E-state index contributed by atoms with van der Waals surface area (Å²) in [5.41, 5.74) is 0.723. The van der Waals surface area contributed by atoms with Gasteiger partial charge < -0.3 is 14.0 Å². The fourth-order valence-corrected chi connectivity index (χ4v) is 6.56. The van der Waals surface area contributed by atoms with Crippen LogP contribution in [0.1, 0.15) is 19.8 Å². The van der Waals surface area contributed by atoms with Gasteiger partial charge >= 0.3 is 5.97 Å². The maximum atomic E-state index is 13.2. The van der Waals surface area contributed by atoms with E-state index in [1.165, 1.54) is 34.9 Å². The van der Waals surface area contributed by atoms with Crippen molar-refractivity contribution >= 4 is 43.5 Å². The van der Waals surface area contributed by atoms with Gasteiger partial charge in [-0.1, -0.05) is 11.3 Å². The highest BCUT2D eigenvalue weighted by atomic mass is 32.2. The molecule has 3 aromatic rings. The number of hydrogen-bond donors (Lipinski definition) is 0. The third-order valence-electron chi connectivity index (χ3n) is 5.94. The molecule has 0 unspecified atom stereocenters. The predicted octanol–water partition coefficient (Wildman–Crippen LogP) is 2.94. The van der Waals surface area contributed by atoms with Gasteiger partial charge in [-0.25, -0.2) is 12.8 Å². The van der Waals surface area contributed by atoms with Crippen LogP contribution in [0, 0.1) is 11.7 Å². The number of carbonyl (C=O) groups excluding carboxylic acids is 2. The largest absolute Gasteiger partial charge is 0.494 e. The van der Waals surface area contributed by atoms with Crippen molar-refractivity contribution in [1.82, 2.24) is 8.87 Å². The summed E-state index contributed by atoms with van der Waals surface area (Å²) in [6.07, 6.45) is 0.609. The summed E-state index contributed by atoms with van der Waals surface area (Å²) in [4.78, 5) is 29.8. The van der Waals surface area contributed by atoms with Crippen LogP contribution in [-0.2, 0) is 30.9 Å². The Labute approximate surface area is 211 Å². The maximum Gasteiger partial charge on any atom is 0.325 e. The molecule has 0 atom stereocenters. The van der Waals surface area contributed by atoms with Crippen LogP contribution in [-0.4, -0.2) is 56.0 Å². The number of methoxy groups -OCH3 is 1. The molecule has 9 nitrogen and oxygen atoms in total. The second kappa shape index (κ2) is 10.9. The van der Waals surface area contributed by atoms with Crippen molar-refractivity contribution in [2.45, 2.75) is 31.2 Å². The summed E-state index contributed by atoms with van der Waals surface area (Å²) in [5, 5.41) is 0. The van der Waals surface area contributed by atoms with E-state index in [9.17, 15) is 22.4 Å². The highest BCUT2D eigenvalue weighted by Crippen LogP contribution is 2.26. The number of halogens is 1. The number of piperidine rings is 1. The molecule has 0 N–H and O–H groups in total. The number of carbonyl (C=O) groups is 2. The molecule has 1 fully saturated rings. The molecule has 192 valence electrons. The minimum absolute atomic E-state index is 0.0129. The van der Waals surface area contributed by atoms with Crippen LogP contribution in [0.5, 0.6) is 5.75 Å². The highest BCUT2D eigenvalue weighted by Gasteiger charge is 2.32. The molecule has 0 radical (unpaired) electrons. The fourth-order valence-electron chi connectivity index (χ4n) is 4.03. The van der Waals surface area contributed by atoms with Crippen molar-refractivity contribution in [2.75, 3.05) is 26.8 Å². The van der Waals surface area contributed by atoms with E-state index in [-0.39, 0.29) is 30.4 Å². The first-order valence-corrected chi connectivity index (χ1v) is 13.7. The summed E-state index contributed by atoms with van der Waals surface area (Å²) in [6.45, 7) is 2.58. The van der Waals surface area contributed by atoms with Gasteiger partial charge in [-0.3, -0.25) is 9.59 Å². The molecular weight excluding hydrogens is 509 g/mol. The summed E-state index contributed by atoms with van der Waals surface area (Å²) in [7, 11) is -2.48. The molecule has 0 spiro atoms. The Morgan fingerprint density at radius 1 is 1.14 bits per heavy atom. The number of ether oxygens (including phenoxy) is 2. The van der Waals surface area contributed by atoms with Gasteiger partial charge in [0.15, 0.2) is 4.80 Å². The van der Waals surface area contributed by atoms with Gasteiger partial charge in [0.2, 0.25) is 10.0 Å². The number of amides is 1. The molecule has 0 bridgehead atoms. The third kappa shape index (κ3) is 5.50. The maximum absolute atomic E-state index is 13.2. The van der Waals surface area contributed by atoms with Crippen LogP contribution in [0.25, 0.3) is 10.2 Å². The van der Waals surface area contributed by atoms with Crippen LogP contribution in [0.3, 0.4) is 0 Å². The van der Waals surface area contributed by atoms with Gasteiger partial charge in [0.1, 0.15) is 18.1 Å². The van der Waals surface area contributed by atoms with Crippen molar-refractivity contribution in [3.8, 4) is 5.75 Å². The van der Waals surface area contributed by atoms with Gasteiger partial charge in [0, 0.05) is 19.0 Å². The van der Waals surface area contributed by atoms with E-state index in [2.05, 4.69) is 4.99 Å². The van der Waals surface area contributed by atoms with E-state index in [0.717, 1.165) is 22.3 Å². The number of aromatic nitrogens is 1. The van der Waals surface area contributed by atoms with E-state index in [0.29, 0.717) is 30.0 Å². The van der Waals surface area contributed by atoms with Crippen LogP contribution < -0.4 is 9.54 Å². The minimum atomic E-state index is -3.78. The predicted molar refractivity (Wildman–Crippen MR) is 131 cm³/mol. The van der Waals surface area contributed by atoms with E-state index in [4.69, 9.17) is 9.47 Å². The molecule has 36 heavy (non-hydrogen) atoms. The number of sulfonamides is 1. The molecule has 1 aliphatic heterocycles. The average Bonchev–Trinajstić information content (AvgIpc) is 3.20. The number of hydrogen-bond acceptors (Lipinski definition) is 7. The Kier molecular flexibility index (Phi) is 7.86. The molecule has 1 aliphatic rings. The molecule has 1 saturated heterocycles. The number of fused-ring (bicyclic) bond motifs is 1. The molecule has 2 heterocycles. The quantitative estimate of drug-likeness (QED) is 0.431. The lowest BCUT2D eigenvalue weighted by Crippen LogP contribution is -2.40. The van der Waals surface area contributed by atoms with E-state index < -0.39 is 27.7 Å². The Bertz CT molecular complexity index is 1440. The van der Waals surface area contributed by atoms with Gasteiger partial charge in [-0.2, -0.15) is 9.30 Å². The van der Waals surface area contributed by atoms with Crippen LogP contribution in [0.15, 0.2) is 52.4 Å². The molecule has 0 aliphatic carbocycles. The first-order chi connectivity index (χ1) is 17.2. The average molecular weight is 536 g/mol. The van der Waals surface area contributed by atoms with E-state index in [1.54, 1.807) is 10.6 Å². The van der Waals surface area contributed by atoms with Crippen molar-refractivity contribution in [3.05, 3.63) is 53.1 Å². The second-order valence-corrected chi connectivity index (χ2v) is 11.1. The number of nitrogens with zero attached hydrogens (tertiary/aromatic N) is 3. The normalized spacial score (nSPS) is 15.8. The topological polar surface area (TPSA) is 107 Å². The summed E-state index contributed by atoms with van der Waals surface area (Å²) in [6, 6.07) is 10.1. The molecule has 1 aromatic heterocycles. The second-order valence-electron chi connectivity index (χ2n) is 8.19. The van der Waals surface area contributed by atoms with Crippen molar-refractivity contribution < 1.29 is 31.9 Å². The Hall–Kier alpha value is -3.09. The summed E-state index contributed by atoms with van der Waals surface area (Å²) in [5.74, 6) is -1.15. The first-order valence-electron chi connectivity index (χ1n) is 11.4. The number of esters is 1. The highest BCUT2D eigenvalue weighted by molar-refractivity contribution is 7.89. The van der Waals surface area contributed by atoms with Crippen LogP contribution in [0.2, 0.25) is 0 Å². The number of rotatable bonds is 7. The van der Waals surface area contributed by atoms with Crippen LogP contribution in [0.4, 0.5) is 4.39 Å². The molecule has 1 amide bonds. The van der Waals surface area contributed by atoms with E-state index in [1.807, 2.05) is 19.1 Å². The Morgan fingerprint density at radius 3 is 2.47 bits per heavy atom. The van der Waals surface area contributed by atoms with Crippen molar-refractivity contribution in [2.24, 2.45) is 10.9 Å². The molecule has 12 heteroatoms. The minimum Gasteiger partial charge on any atom is -0.494 e. The third-order valence-corrected chi connectivity index (χ3v) is 8.89. The molecule has 2 aromatic carbocycles. The van der Waals surface area contributed by atoms with Crippen LogP contribution >= 0.6 is 11.3 Å². The number of thiazole rings is 1. The lowest BCUT2D eigenvalue weighted by Gasteiger charge is -2.29.